The molecule has 0 saturated carbocycles. The fraction of sp³-hybridized carbons (Fsp3) is 0.278. The van der Waals surface area contributed by atoms with Crippen molar-refractivity contribution in [2.75, 3.05) is 13.7 Å². The molecule has 0 saturated heterocycles. The quantitative estimate of drug-likeness (QED) is 0.891. The summed E-state index contributed by atoms with van der Waals surface area (Å²) in [6.07, 6.45) is 7.30. The molecule has 1 heterocycles. The number of allylic oxidation sites excluding steroid dienone is 5. The van der Waals surface area contributed by atoms with E-state index in [1.807, 2.05) is 18.2 Å². The highest BCUT2D eigenvalue weighted by Crippen LogP contribution is 2.26. The van der Waals surface area contributed by atoms with E-state index < -0.39 is 17.4 Å². The molecule has 126 valence electrons. The zero-order valence-corrected chi connectivity index (χ0v) is 13.3. The summed E-state index contributed by atoms with van der Waals surface area (Å²) in [6, 6.07) is 2.36. The van der Waals surface area contributed by atoms with Crippen LogP contribution in [0.4, 0.5) is 8.78 Å². The van der Waals surface area contributed by atoms with E-state index in [1.54, 1.807) is 0 Å². The first-order valence-electron chi connectivity index (χ1n) is 7.73. The Morgan fingerprint density at radius 1 is 1.33 bits per heavy atom. The summed E-state index contributed by atoms with van der Waals surface area (Å²) in [5.74, 6) is -2.43. The second-order valence-electron chi connectivity index (χ2n) is 5.67. The topological polar surface area (TPSA) is 50.4 Å². The molecule has 2 N–H and O–H groups in total. The molecule has 1 aromatic carbocycles. The minimum absolute atomic E-state index is 0.0984. The summed E-state index contributed by atoms with van der Waals surface area (Å²) in [5.41, 5.74) is 3.12. The maximum Gasteiger partial charge on any atom is 0.228 e. The first-order valence-corrected chi connectivity index (χ1v) is 7.73. The number of hydrogen-bond donors (Lipinski definition) is 2. The Morgan fingerprint density at radius 3 is 2.96 bits per heavy atom. The number of nitrogens with one attached hydrogen (secondary N) is 2. The molecule has 1 aliphatic heterocycles. The highest BCUT2D eigenvalue weighted by atomic mass is 19.1. The van der Waals surface area contributed by atoms with E-state index in [4.69, 9.17) is 4.74 Å². The fourth-order valence-corrected chi connectivity index (χ4v) is 2.85. The third kappa shape index (κ3) is 3.32. The summed E-state index contributed by atoms with van der Waals surface area (Å²) < 4.78 is 32.2. The Balaban J connectivity index is 1.70. The van der Waals surface area contributed by atoms with E-state index in [1.165, 1.54) is 18.9 Å². The molecule has 3 rings (SSSR count). The zero-order valence-electron chi connectivity index (χ0n) is 13.3. The van der Waals surface area contributed by atoms with Crippen molar-refractivity contribution in [3.8, 4) is 5.75 Å². The van der Waals surface area contributed by atoms with Gasteiger partial charge in [-0.05, 0) is 30.6 Å². The van der Waals surface area contributed by atoms with E-state index in [2.05, 4.69) is 10.6 Å². The molecule has 1 aliphatic carbocycles. The standard InChI is InChI=1S/C18H18F2N2O2/c1-24-18-14(19)6-4-12(17(18)20)10-16(23)22-13-5-7-15-11(9-13)3-2-8-21-15/h2-4,6,9,21H,5,7-8,10H2,1H3,(H,22,23). The third-order valence-electron chi connectivity index (χ3n) is 4.04. The second-order valence-corrected chi connectivity index (χ2v) is 5.67. The van der Waals surface area contributed by atoms with Crippen LogP contribution in [0.15, 0.2) is 47.3 Å². The highest BCUT2D eigenvalue weighted by Gasteiger charge is 2.18. The second kappa shape index (κ2) is 6.86. The van der Waals surface area contributed by atoms with E-state index in [0.29, 0.717) is 6.42 Å². The lowest BCUT2D eigenvalue weighted by Crippen LogP contribution is -2.28. The van der Waals surface area contributed by atoms with Crippen LogP contribution in [0.5, 0.6) is 5.75 Å². The van der Waals surface area contributed by atoms with Crippen LogP contribution < -0.4 is 15.4 Å². The minimum atomic E-state index is -0.838. The van der Waals surface area contributed by atoms with Crippen molar-refractivity contribution in [3.63, 3.8) is 0 Å². The van der Waals surface area contributed by atoms with Gasteiger partial charge in [0.1, 0.15) is 0 Å². The zero-order chi connectivity index (χ0) is 17.1. The highest BCUT2D eigenvalue weighted by molar-refractivity contribution is 5.80. The molecule has 0 unspecified atom stereocenters. The van der Waals surface area contributed by atoms with Crippen molar-refractivity contribution < 1.29 is 18.3 Å². The lowest BCUT2D eigenvalue weighted by molar-refractivity contribution is -0.119. The fourth-order valence-electron chi connectivity index (χ4n) is 2.85. The van der Waals surface area contributed by atoms with Crippen LogP contribution in [-0.4, -0.2) is 19.6 Å². The molecule has 0 radical (unpaired) electrons. The van der Waals surface area contributed by atoms with Crippen LogP contribution >= 0.6 is 0 Å². The van der Waals surface area contributed by atoms with Gasteiger partial charge in [0.2, 0.25) is 5.91 Å². The number of carbonyl (C=O) groups excluding carboxylic acids is 1. The van der Waals surface area contributed by atoms with Crippen molar-refractivity contribution in [3.05, 3.63) is 64.5 Å². The molecular formula is C18H18F2N2O2. The van der Waals surface area contributed by atoms with Crippen molar-refractivity contribution in [1.82, 2.24) is 10.6 Å². The monoisotopic (exact) mass is 332 g/mol. The summed E-state index contributed by atoms with van der Waals surface area (Å²) in [4.78, 5) is 12.2. The third-order valence-corrected chi connectivity index (χ3v) is 4.04. The van der Waals surface area contributed by atoms with Crippen molar-refractivity contribution in [2.24, 2.45) is 0 Å². The molecule has 1 aromatic rings. The lowest BCUT2D eigenvalue weighted by Gasteiger charge is -2.22. The number of ether oxygens (including phenoxy) is 1. The van der Waals surface area contributed by atoms with Gasteiger partial charge in [-0.25, -0.2) is 8.78 Å². The average Bonchev–Trinajstić information content (AvgIpc) is 2.58. The molecule has 0 aromatic heterocycles. The van der Waals surface area contributed by atoms with Gasteiger partial charge < -0.3 is 15.4 Å². The molecule has 0 atom stereocenters. The molecule has 2 aliphatic rings. The summed E-state index contributed by atoms with van der Waals surface area (Å²) >= 11 is 0. The van der Waals surface area contributed by atoms with Gasteiger partial charge in [0.05, 0.1) is 13.5 Å². The summed E-state index contributed by atoms with van der Waals surface area (Å²) in [7, 11) is 1.19. The number of amides is 1. The van der Waals surface area contributed by atoms with Gasteiger partial charge in [0.25, 0.3) is 0 Å². The molecule has 0 bridgehead atoms. The van der Waals surface area contributed by atoms with E-state index in [-0.39, 0.29) is 17.9 Å². The SMILES string of the molecule is COc1c(F)ccc(CC(=O)NC2=CC3=C(CC2)NCC=C3)c1F. The minimum Gasteiger partial charge on any atom is -0.491 e. The number of dihydropyridines is 1. The number of halogens is 2. The van der Waals surface area contributed by atoms with E-state index in [9.17, 15) is 13.6 Å². The predicted molar refractivity (Wildman–Crippen MR) is 86.2 cm³/mol. The Labute approximate surface area is 138 Å². The smallest absolute Gasteiger partial charge is 0.228 e. The average molecular weight is 332 g/mol. The maximum absolute atomic E-state index is 14.1. The Kier molecular flexibility index (Phi) is 4.64. The molecule has 24 heavy (non-hydrogen) atoms. The molecular weight excluding hydrogens is 314 g/mol. The predicted octanol–water partition coefficient (Wildman–Crippen LogP) is 2.72. The van der Waals surface area contributed by atoms with Gasteiger partial charge in [-0.15, -0.1) is 0 Å². The van der Waals surface area contributed by atoms with Gasteiger partial charge in [-0.2, -0.15) is 0 Å². The van der Waals surface area contributed by atoms with Crippen LogP contribution in [0.3, 0.4) is 0 Å². The first kappa shape index (κ1) is 16.2. The Morgan fingerprint density at radius 2 is 2.17 bits per heavy atom. The van der Waals surface area contributed by atoms with Gasteiger partial charge >= 0.3 is 0 Å². The van der Waals surface area contributed by atoms with Crippen molar-refractivity contribution in [2.45, 2.75) is 19.3 Å². The maximum atomic E-state index is 14.1. The van der Waals surface area contributed by atoms with Crippen molar-refractivity contribution in [1.29, 1.82) is 0 Å². The molecule has 6 heteroatoms. The van der Waals surface area contributed by atoms with Crippen LogP contribution in [0.25, 0.3) is 0 Å². The van der Waals surface area contributed by atoms with Gasteiger partial charge in [0.15, 0.2) is 17.4 Å². The van der Waals surface area contributed by atoms with Gasteiger partial charge in [-0.1, -0.05) is 18.2 Å². The molecule has 1 amide bonds. The normalized spacial score (nSPS) is 16.2. The summed E-state index contributed by atoms with van der Waals surface area (Å²) in [5, 5.41) is 6.10. The Bertz CT molecular complexity index is 767. The van der Waals surface area contributed by atoms with Crippen LogP contribution in [-0.2, 0) is 11.2 Å². The lowest BCUT2D eigenvalue weighted by atomic mass is 9.98. The molecule has 0 spiro atoms. The van der Waals surface area contributed by atoms with Crippen LogP contribution in [0.2, 0.25) is 0 Å². The number of rotatable bonds is 4. The van der Waals surface area contributed by atoms with E-state index >= 15 is 0 Å². The molecule has 4 nitrogen and oxygen atoms in total. The largest absolute Gasteiger partial charge is 0.491 e. The number of benzene rings is 1. The van der Waals surface area contributed by atoms with Gasteiger partial charge in [-0.3, -0.25) is 4.79 Å². The number of carbonyl (C=O) groups is 1. The van der Waals surface area contributed by atoms with Gasteiger partial charge in [0, 0.05) is 23.5 Å². The first-order chi connectivity index (χ1) is 11.6. The Hall–Kier alpha value is -2.63. The number of hydrogen-bond acceptors (Lipinski definition) is 3. The van der Waals surface area contributed by atoms with Crippen LogP contribution in [0, 0.1) is 11.6 Å². The molecule has 0 fully saturated rings. The van der Waals surface area contributed by atoms with Crippen molar-refractivity contribution >= 4 is 5.91 Å². The summed E-state index contributed by atoms with van der Waals surface area (Å²) in [6.45, 7) is 0.819. The number of methoxy groups -OCH3 is 1. The van der Waals surface area contributed by atoms with E-state index in [0.717, 1.165) is 30.3 Å². The van der Waals surface area contributed by atoms with Crippen LogP contribution in [0.1, 0.15) is 18.4 Å².